The van der Waals surface area contributed by atoms with Crippen molar-refractivity contribution in [1.29, 1.82) is 0 Å². The van der Waals surface area contributed by atoms with E-state index in [9.17, 15) is 0 Å². The Morgan fingerprint density at radius 3 is 2.56 bits per heavy atom. The van der Waals surface area contributed by atoms with Crippen molar-refractivity contribution < 1.29 is 4.58 Å². The van der Waals surface area contributed by atoms with Crippen molar-refractivity contribution in [2.45, 2.75) is 44.2 Å². The van der Waals surface area contributed by atoms with Gasteiger partial charge in [-0.1, -0.05) is 55.0 Å². The fraction of sp³-hybridized carbons (Fsp3) is 0.500. The maximum atomic E-state index is 3.46. The predicted molar refractivity (Wildman–Crippen MR) is 109 cm³/mol. The second-order valence-electron chi connectivity index (χ2n) is 6.81. The van der Waals surface area contributed by atoms with Gasteiger partial charge in [0.25, 0.3) is 0 Å². The molecule has 0 fully saturated rings. The number of rotatable bonds is 10. The van der Waals surface area contributed by atoms with Crippen LogP contribution in [0.25, 0.3) is 0 Å². The van der Waals surface area contributed by atoms with Crippen LogP contribution in [-0.4, -0.2) is 44.5 Å². The zero-order chi connectivity index (χ0) is 17.9. The van der Waals surface area contributed by atoms with Crippen LogP contribution in [0.5, 0.6) is 0 Å². The monoisotopic (exact) mass is 340 g/mol. The highest BCUT2D eigenvalue weighted by atomic mass is 15.0. The fourth-order valence-electron chi connectivity index (χ4n) is 3.46. The third-order valence-corrected chi connectivity index (χ3v) is 4.84. The molecular formula is C22H34N3+. The SMILES string of the molecule is CNCCCCC(C=[N+](C)C(C1=CCCC=C1)c1ccccc1)NC. The molecule has 0 amide bonds. The summed E-state index contributed by atoms with van der Waals surface area (Å²) in [6.07, 6.45) is 15.3. The van der Waals surface area contributed by atoms with Gasteiger partial charge >= 0.3 is 0 Å². The van der Waals surface area contributed by atoms with Gasteiger partial charge in [-0.3, -0.25) is 0 Å². The zero-order valence-corrected chi connectivity index (χ0v) is 16.0. The van der Waals surface area contributed by atoms with E-state index in [1.807, 2.05) is 7.05 Å². The molecule has 0 heterocycles. The maximum Gasteiger partial charge on any atom is 0.202 e. The average Bonchev–Trinajstić information content (AvgIpc) is 2.66. The number of nitrogens with one attached hydrogen (secondary N) is 2. The van der Waals surface area contributed by atoms with E-state index < -0.39 is 0 Å². The number of hydrogen-bond donors (Lipinski definition) is 2. The summed E-state index contributed by atoms with van der Waals surface area (Å²) in [5, 5.41) is 6.69. The first-order valence-corrected chi connectivity index (χ1v) is 9.56. The molecule has 0 radical (unpaired) electrons. The molecule has 0 aliphatic heterocycles. The van der Waals surface area contributed by atoms with E-state index in [1.165, 1.54) is 30.4 Å². The van der Waals surface area contributed by atoms with Gasteiger partial charge in [0.1, 0.15) is 7.05 Å². The number of allylic oxidation sites excluding steroid dienone is 2. The largest absolute Gasteiger partial charge is 0.320 e. The van der Waals surface area contributed by atoms with Gasteiger partial charge in [-0.15, -0.1) is 0 Å². The smallest absolute Gasteiger partial charge is 0.202 e. The van der Waals surface area contributed by atoms with Crippen molar-refractivity contribution in [3.63, 3.8) is 0 Å². The number of likely N-dealkylation sites (N-methyl/N-ethyl adjacent to an activating group) is 1. The van der Waals surface area contributed by atoms with Crippen LogP contribution in [-0.2, 0) is 0 Å². The molecule has 2 unspecified atom stereocenters. The minimum absolute atomic E-state index is 0.283. The maximum absolute atomic E-state index is 3.46. The van der Waals surface area contributed by atoms with Crippen molar-refractivity contribution in [2.75, 3.05) is 27.7 Å². The van der Waals surface area contributed by atoms with Crippen LogP contribution in [0, 0.1) is 0 Å². The van der Waals surface area contributed by atoms with Gasteiger partial charge in [0.05, 0.1) is 6.04 Å². The molecular weight excluding hydrogens is 306 g/mol. The van der Waals surface area contributed by atoms with Crippen molar-refractivity contribution in [1.82, 2.24) is 10.6 Å². The fourth-order valence-corrected chi connectivity index (χ4v) is 3.46. The highest BCUT2D eigenvalue weighted by Gasteiger charge is 2.24. The summed E-state index contributed by atoms with van der Waals surface area (Å²) in [6, 6.07) is 11.5. The lowest BCUT2D eigenvalue weighted by Crippen LogP contribution is -2.32. The Kier molecular flexibility index (Phi) is 8.64. The first-order chi connectivity index (χ1) is 12.3. The molecule has 0 saturated carbocycles. The Bertz CT molecular complexity index is 587. The van der Waals surface area contributed by atoms with E-state index in [1.54, 1.807) is 0 Å². The van der Waals surface area contributed by atoms with Crippen molar-refractivity contribution in [3.8, 4) is 0 Å². The molecule has 2 N–H and O–H groups in total. The van der Waals surface area contributed by atoms with Gasteiger partial charge in [-0.25, -0.2) is 4.58 Å². The molecule has 3 heteroatoms. The van der Waals surface area contributed by atoms with Crippen LogP contribution in [0.15, 0.2) is 54.1 Å². The van der Waals surface area contributed by atoms with E-state index in [4.69, 9.17) is 0 Å². The number of benzene rings is 1. The van der Waals surface area contributed by atoms with Gasteiger partial charge in [-0.2, -0.15) is 0 Å². The summed E-state index contributed by atoms with van der Waals surface area (Å²) >= 11 is 0. The minimum Gasteiger partial charge on any atom is -0.320 e. The topological polar surface area (TPSA) is 27.1 Å². The van der Waals surface area contributed by atoms with Crippen LogP contribution in [0.2, 0.25) is 0 Å². The molecule has 0 aromatic heterocycles. The minimum atomic E-state index is 0.283. The van der Waals surface area contributed by atoms with Crippen LogP contribution in [0.4, 0.5) is 0 Å². The first-order valence-electron chi connectivity index (χ1n) is 9.56. The Labute approximate surface area is 153 Å². The van der Waals surface area contributed by atoms with Crippen molar-refractivity contribution >= 4 is 6.21 Å². The van der Waals surface area contributed by atoms with Gasteiger partial charge in [0.2, 0.25) is 6.04 Å². The number of nitrogens with zero attached hydrogens (tertiary/aromatic N) is 1. The van der Waals surface area contributed by atoms with E-state index >= 15 is 0 Å². The van der Waals surface area contributed by atoms with E-state index in [0.29, 0.717) is 6.04 Å². The summed E-state index contributed by atoms with van der Waals surface area (Å²) in [5.41, 5.74) is 2.75. The highest BCUT2D eigenvalue weighted by Crippen LogP contribution is 2.28. The third kappa shape index (κ3) is 6.26. The van der Waals surface area contributed by atoms with E-state index in [0.717, 1.165) is 19.4 Å². The Balaban J connectivity index is 2.17. The summed E-state index contributed by atoms with van der Waals surface area (Å²) in [6.45, 7) is 1.09. The second-order valence-corrected chi connectivity index (χ2v) is 6.81. The van der Waals surface area contributed by atoms with Crippen molar-refractivity contribution in [3.05, 3.63) is 59.7 Å². The summed E-state index contributed by atoms with van der Waals surface area (Å²) < 4.78 is 2.38. The molecule has 1 aliphatic rings. The second kappa shape index (κ2) is 11.0. The molecule has 0 spiro atoms. The molecule has 1 aromatic rings. The van der Waals surface area contributed by atoms with E-state index in [2.05, 4.69) is 84.1 Å². The molecule has 3 nitrogen and oxygen atoms in total. The molecule has 1 aliphatic carbocycles. The lowest BCUT2D eigenvalue weighted by molar-refractivity contribution is -0.531. The zero-order valence-electron chi connectivity index (χ0n) is 16.0. The number of hydrogen-bond acceptors (Lipinski definition) is 2. The average molecular weight is 341 g/mol. The summed E-state index contributed by atoms with van der Waals surface area (Å²) in [5.74, 6) is 0. The van der Waals surface area contributed by atoms with Gasteiger partial charge in [0, 0.05) is 11.1 Å². The molecule has 25 heavy (non-hydrogen) atoms. The van der Waals surface area contributed by atoms with Crippen LogP contribution >= 0.6 is 0 Å². The standard InChI is InChI=1S/C22H34N3/c1-23-17-11-10-16-21(24-2)18-25(3)22(19-12-6-4-7-13-19)20-14-8-5-9-15-20/h4,6-8,12-15,18,21-24H,5,9-11,16-17H2,1-3H3/q+1. The summed E-state index contributed by atoms with van der Waals surface area (Å²) in [4.78, 5) is 0. The predicted octanol–water partition coefficient (Wildman–Crippen LogP) is 3.69. The third-order valence-electron chi connectivity index (χ3n) is 4.84. The lowest BCUT2D eigenvalue weighted by atomic mass is 9.94. The molecule has 136 valence electrons. The molecule has 0 bridgehead atoms. The Morgan fingerprint density at radius 2 is 1.92 bits per heavy atom. The molecule has 1 aromatic carbocycles. The van der Waals surface area contributed by atoms with E-state index in [-0.39, 0.29) is 6.04 Å². The number of unbranched alkanes of at least 4 members (excludes halogenated alkanes) is 1. The summed E-state index contributed by atoms with van der Waals surface area (Å²) in [7, 11) is 6.29. The van der Waals surface area contributed by atoms with Crippen LogP contribution in [0.1, 0.15) is 43.7 Å². The quantitative estimate of drug-likeness (QED) is 0.386. The molecule has 2 rings (SSSR count). The first kappa shape index (κ1) is 19.6. The van der Waals surface area contributed by atoms with Gasteiger partial charge in [0.15, 0.2) is 6.21 Å². The van der Waals surface area contributed by atoms with Gasteiger partial charge < -0.3 is 10.6 Å². The molecule has 0 saturated heterocycles. The Morgan fingerprint density at radius 1 is 1.12 bits per heavy atom. The molecule has 2 atom stereocenters. The highest BCUT2D eigenvalue weighted by molar-refractivity contribution is 5.59. The lowest BCUT2D eigenvalue weighted by Gasteiger charge is -2.19. The van der Waals surface area contributed by atoms with Crippen LogP contribution < -0.4 is 10.6 Å². The normalized spacial score (nSPS) is 17.2. The van der Waals surface area contributed by atoms with Crippen LogP contribution in [0.3, 0.4) is 0 Å². The van der Waals surface area contributed by atoms with Crippen molar-refractivity contribution in [2.24, 2.45) is 0 Å². The Hall–Kier alpha value is -1.71. The van der Waals surface area contributed by atoms with Gasteiger partial charge in [-0.05, 0) is 46.3 Å².